The Kier molecular flexibility index (Phi) is 6.37. The SMILES string of the molecule is Cc1nn(Cc2ccc(Cl)cc2)c(C)c1C(=O)N1CCC(C)(CN)C1.Cl. The number of likely N-dealkylation sites (tertiary alicyclic amines) is 1. The second kappa shape index (κ2) is 7.99. The first-order chi connectivity index (χ1) is 11.8. The topological polar surface area (TPSA) is 64.2 Å². The highest BCUT2D eigenvalue weighted by molar-refractivity contribution is 6.30. The first-order valence-corrected chi connectivity index (χ1v) is 8.98. The van der Waals surface area contributed by atoms with Gasteiger partial charge in [0, 0.05) is 23.8 Å². The fourth-order valence-electron chi connectivity index (χ4n) is 3.44. The van der Waals surface area contributed by atoms with Crippen molar-refractivity contribution < 1.29 is 4.79 Å². The van der Waals surface area contributed by atoms with Crippen molar-refractivity contribution in [3.8, 4) is 0 Å². The molecule has 26 heavy (non-hydrogen) atoms. The van der Waals surface area contributed by atoms with E-state index >= 15 is 0 Å². The largest absolute Gasteiger partial charge is 0.338 e. The number of nitrogens with zero attached hydrogens (tertiary/aromatic N) is 3. The standard InChI is InChI=1S/C19H25ClN4O.ClH/c1-13-17(18(25)23-9-8-19(3,11-21)12-23)14(2)24(22-13)10-15-4-6-16(20)7-5-15;/h4-7H,8-12,21H2,1-3H3;1H. The maximum Gasteiger partial charge on any atom is 0.257 e. The van der Waals surface area contributed by atoms with Crippen molar-refractivity contribution in [2.75, 3.05) is 19.6 Å². The fraction of sp³-hybridized carbons (Fsp3) is 0.474. The molecule has 1 aromatic carbocycles. The Hall–Kier alpha value is -1.56. The second-order valence-electron chi connectivity index (χ2n) is 7.32. The Bertz CT molecular complexity index is 788. The van der Waals surface area contributed by atoms with Gasteiger partial charge in [0.1, 0.15) is 0 Å². The Morgan fingerprint density at radius 2 is 1.96 bits per heavy atom. The van der Waals surface area contributed by atoms with Gasteiger partial charge in [0.2, 0.25) is 0 Å². The Morgan fingerprint density at radius 3 is 2.54 bits per heavy atom. The van der Waals surface area contributed by atoms with Gasteiger partial charge in [-0.2, -0.15) is 5.10 Å². The summed E-state index contributed by atoms with van der Waals surface area (Å²) >= 11 is 5.94. The molecule has 1 fully saturated rings. The Labute approximate surface area is 165 Å². The van der Waals surface area contributed by atoms with Crippen molar-refractivity contribution in [2.45, 2.75) is 33.7 Å². The summed E-state index contributed by atoms with van der Waals surface area (Å²) in [5, 5.41) is 5.30. The molecule has 0 spiro atoms. The third kappa shape index (κ3) is 4.05. The zero-order valence-electron chi connectivity index (χ0n) is 15.5. The summed E-state index contributed by atoms with van der Waals surface area (Å²) in [6.07, 6.45) is 0.951. The number of halogens is 2. The quantitative estimate of drug-likeness (QED) is 0.860. The molecule has 0 bridgehead atoms. The van der Waals surface area contributed by atoms with E-state index in [-0.39, 0.29) is 23.7 Å². The van der Waals surface area contributed by atoms with Crippen LogP contribution in [0, 0.1) is 19.3 Å². The molecule has 1 aliphatic rings. The lowest BCUT2D eigenvalue weighted by molar-refractivity contribution is 0.0775. The third-order valence-electron chi connectivity index (χ3n) is 5.18. The van der Waals surface area contributed by atoms with E-state index < -0.39 is 0 Å². The molecule has 142 valence electrons. The van der Waals surface area contributed by atoms with Crippen molar-refractivity contribution >= 4 is 29.9 Å². The molecule has 0 saturated carbocycles. The second-order valence-corrected chi connectivity index (χ2v) is 7.76. The van der Waals surface area contributed by atoms with Crippen molar-refractivity contribution in [3.05, 3.63) is 51.8 Å². The molecule has 5 nitrogen and oxygen atoms in total. The number of carbonyl (C=O) groups excluding carboxylic acids is 1. The lowest BCUT2D eigenvalue weighted by Crippen LogP contribution is -2.35. The lowest BCUT2D eigenvalue weighted by Gasteiger charge is -2.22. The predicted molar refractivity (Wildman–Crippen MR) is 107 cm³/mol. The summed E-state index contributed by atoms with van der Waals surface area (Å²) in [7, 11) is 0. The van der Waals surface area contributed by atoms with Gasteiger partial charge in [0.25, 0.3) is 5.91 Å². The molecule has 2 aromatic rings. The molecule has 2 heterocycles. The van der Waals surface area contributed by atoms with Crippen LogP contribution in [0.25, 0.3) is 0 Å². The van der Waals surface area contributed by atoms with Crippen molar-refractivity contribution in [3.63, 3.8) is 0 Å². The minimum atomic E-state index is 0. The van der Waals surface area contributed by atoms with Crippen molar-refractivity contribution in [2.24, 2.45) is 11.1 Å². The van der Waals surface area contributed by atoms with Gasteiger partial charge < -0.3 is 10.6 Å². The number of nitrogens with two attached hydrogens (primary N) is 1. The minimum Gasteiger partial charge on any atom is -0.338 e. The maximum absolute atomic E-state index is 13.0. The summed E-state index contributed by atoms with van der Waals surface area (Å²) in [5.41, 5.74) is 9.39. The molecule has 3 rings (SSSR count). The zero-order chi connectivity index (χ0) is 18.2. The summed E-state index contributed by atoms with van der Waals surface area (Å²) in [4.78, 5) is 14.9. The predicted octanol–water partition coefficient (Wildman–Crippen LogP) is 3.43. The number of aryl methyl sites for hydroxylation is 1. The number of rotatable bonds is 4. The van der Waals surface area contributed by atoms with Crippen LogP contribution in [0.2, 0.25) is 5.02 Å². The van der Waals surface area contributed by atoms with E-state index in [2.05, 4.69) is 12.0 Å². The summed E-state index contributed by atoms with van der Waals surface area (Å²) in [6, 6.07) is 7.69. The van der Waals surface area contributed by atoms with Crippen LogP contribution in [-0.2, 0) is 6.54 Å². The highest BCUT2D eigenvalue weighted by atomic mass is 35.5. The van der Waals surface area contributed by atoms with E-state index in [1.54, 1.807) is 0 Å². The Balaban J connectivity index is 0.00000243. The van der Waals surface area contributed by atoms with E-state index in [1.165, 1.54) is 0 Å². The Morgan fingerprint density at radius 1 is 1.31 bits per heavy atom. The summed E-state index contributed by atoms with van der Waals surface area (Å²) in [5.74, 6) is 0.0644. The number of amides is 1. The van der Waals surface area contributed by atoms with Crippen LogP contribution in [0.5, 0.6) is 0 Å². The van der Waals surface area contributed by atoms with Gasteiger partial charge in [-0.3, -0.25) is 9.48 Å². The van der Waals surface area contributed by atoms with E-state index in [1.807, 2.05) is 47.7 Å². The summed E-state index contributed by atoms with van der Waals surface area (Å²) < 4.78 is 1.89. The van der Waals surface area contributed by atoms with Crippen LogP contribution >= 0.6 is 24.0 Å². The fourth-order valence-corrected chi connectivity index (χ4v) is 3.57. The highest BCUT2D eigenvalue weighted by Crippen LogP contribution is 2.30. The first-order valence-electron chi connectivity index (χ1n) is 8.61. The molecule has 1 aliphatic heterocycles. The van der Waals surface area contributed by atoms with Crippen LogP contribution in [0.4, 0.5) is 0 Å². The average Bonchev–Trinajstić information content (AvgIpc) is 3.11. The molecule has 1 amide bonds. The first kappa shape index (κ1) is 20.7. The molecular formula is C19H26Cl2N4O. The van der Waals surface area contributed by atoms with Gasteiger partial charge in [-0.25, -0.2) is 0 Å². The molecule has 1 unspecified atom stereocenters. The molecule has 0 aliphatic carbocycles. The van der Waals surface area contributed by atoms with Crippen LogP contribution < -0.4 is 5.73 Å². The number of carbonyl (C=O) groups is 1. The minimum absolute atomic E-state index is 0. The normalized spacial score (nSPS) is 19.5. The zero-order valence-corrected chi connectivity index (χ0v) is 17.0. The number of benzene rings is 1. The maximum atomic E-state index is 13.0. The van der Waals surface area contributed by atoms with Gasteiger partial charge in [-0.15, -0.1) is 12.4 Å². The highest BCUT2D eigenvalue weighted by Gasteiger charge is 2.36. The van der Waals surface area contributed by atoms with Crippen LogP contribution in [0.15, 0.2) is 24.3 Å². The molecule has 1 saturated heterocycles. The number of aromatic nitrogens is 2. The smallest absolute Gasteiger partial charge is 0.257 e. The van der Waals surface area contributed by atoms with Gasteiger partial charge in [0.15, 0.2) is 0 Å². The van der Waals surface area contributed by atoms with Crippen LogP contribution in [-0.4, -0.2) is 40.2 Å². The van der Waals surface area contributed by atoms with E-state index in [9.17, 15) is 4.79 Å². The molecule has 7 heteroatoms. The number of hydrogen-bond acceptors (Lipinski definition) is 3. The molecule has 1 atom stereocenters. The van der Waals surface area contributed by atoms with Gasteiger partial charge in [-0.1, -0.05) is 30.7 Å². The third-order valence-corrected chi connectivity index (χ3v) is 5.43. The van der Waals surface area contributed by atoms with Crippen molar-refractivity contribution in [1.82, 2.24) is 14.7 Å². The summed E-state index contributed by atoms with van der Waals surface area (Å²) in [6.45, 7) is 8.70. The van der Waals surface area contributed by atoms with E-state index in [0.717, 1.165) is 35.5 Å². The molecule has 2 N–H and O–H groups in total. The molecule has 0 radical (unpaired) electrons. The van der Waals surface area contributed by atoms with Gasteiger partial charge in [-0.05, 0) is 49.9 Å². The monoisotopic (exact) mass is 396 g/mol. The van der Waals surface area contributed by atoms with Crippen LogP contribution in [0.1, 0.15) is 40.7 Å². The average molecular weight is 397 g/mol. The van der Waals surface area contributed by atoms with Gasteiger partial charge in [0.05, 0.1) is 17.8 Å². The van der Waals surface area contributed by atoms with Crippen molar-refractivity contribution in [1.29, 1.82) is 0 Å². The molecular weight excluding hydrogens is 371 g/mol. The van der Waals surface area contributed by atoms with E-state index in [4.69, 9.17) is 17.3 Å². The molecule has 1 aromatic heterocycles. The lowest BCUT2D eigenvalue weighted by atomic mass is 9.90. The van der Waals surface area contributed by atoms with E-state index in [0.29, 0.717) is 24.7 Å². The number of hydrogen-bond donors (Lipinski definition) is 1. The van der Waals surface area contributed by atoms with Crippen LogP contribution in [0.3, 0.4) is 0 Å². The van der Waals surface area contributed by atoms with Gasteiger partial charge >= 0.3 is 0 Å².